The van der Waals surface area contributed by atoms with Crippen LogP contribution in [0.25, 0.3) is 11.0 Å². The van der Waals surface area contributed by atoms with E-state index in [1.807, 2.05) is 4.57 Å². The number of aromatic nitrogens is 2. The summed E-state index contributed by atoms with van der Waals surface area (Å²) in [5, 5.41) is 8.92. The molecule has 5 nitrogen and oxygen atoms in total. The molecule has 0 bridgehead atoms. The molecule has 1 N–H and O–H groups in total. The van der Waals surface area contributed by atoms with Crippen LogP contribution in [0.5, 0.6) is 0 Å². The first-order valence-electron chi connectivity index (χ1n) is 6.34. The Morgan fingerprint density at radius 2 is 2.26 bits per heavy atom. The lowest BCUT2D eigenvalue weighted by atomic mass is 10.2. The van der Waals surface area contributed by atoms with Crippen LogP contribution in [0, 0.1) is 5.92 Å². The van der Waals surface area contributed by atoms with Crippen molar-refractivity contribution < 1.29 is 14.6 Å². The first-order chi connectivity index (χ1) is 9.08. The predicted octanol–water partition coefficient (Wildman–Crippen LogP) is 2.41. The maximum atomic E-state index is 10.9. The molecule has 0 atom stereocenters. The highest BCUT2D eigenvalue weighted by Crippen LogP contribution is 2.15. The third kappa shape index (κ3) is 3.32. The minimum Gasteiger partial charge on any atom is -0.478 e. The number of hydrogen-bond acceptors (Lipinski definition) is 3. The van der Waals surface area contributed by atoms with Crippen molar-refractivity contribution in [1.29, 1.82) is 0 Å². The van der Waals surface area contributed by atoms with Crippen molar-refractivity contribution in [3.8, 4) is 0 Å². The van der Waals surface area contributed by atoms with E-state index in [2.05, 4.69) is 18.8 Å². The third-order valence-corrected chi connectivity index (χ3v) is 2.80. The van der Waals surface area contributed by atoms with E-state index in [0.29, 0.717) is 18.0 Å². The molecular weight excluding hydrogens is 244 g/mol. The van der Waals surface area contributed by atoms with E-state index in [0.717, 1.165) is 18.7 Å². The molecule has 0 aliphatic heterocycles. The minimum atomic E-state index is -0.934. The molecule has 0 spiro atoms. The number of hydrogen-bond donors (Lipinski definition) is 1. The molecular formula is C14H18N2O3. The van der Waals surface area contributed by atoms with Gasteiger partial charge in [-0.15, -0.1) is 0 Å². The van der Waals surface area contributed by atoms with Crippen LogP contribution in [-0.4, -0.2) is 33.8 Å². The quantitative estimate of drug-likeness (QED) is 0.812. The summed E-state index contributed by atoms with van der Waals surface area (Å²) in [7, 11) is 0. The first-order valence-corrected chi connectivity index (χ1v) is 6.34. The molecule has 2 rings (SSSR count). The summed E-state index contributed by atoms with van der Waals surface area (Å²) >= 11 is 0. The molecule has 5 heteroatoms. The molecule has 0 saturated carbocycles. The summed E-state index contributed by atoms with van der Waals surface area (Å²) in [6, 6.07) is 4.97. The van der Waals surface area contributed by atoms with Crippen molar-refractivity contribution in [3.63, 3.8) is 0 Å². The first kappa shape index (κ1) is 13.5. The Morgan fingerprint density at radius 1 is 1.47 bits per heavy atom. The SMILES string of the molecule is CC(C)COCCn1cnc2cc(C(=O)O)ccc21. The van der Waals surface area contributed by atoms with E-state index >= 15 is 0 Å². The van der Waals surface area contributed by atoms with Crippen LogP contribution in [-0.2, 0) is 11.3 Å². The van der Waals surface area contributed by atoms with Crippen molar-refractivity contribution >= 4 is 17.0 Å². The Hall–Kier alpha value is -1.88. The monoisotopic (exact) mass is 262 g/mol. The molecule has 0 unspecified atom stereocenters. The van der Waals surface area contributed by atoms with Crippen LogP contribution in [0.3, 0.4) is 0 Å². The van der Waals surface area contributed by atoms with Gasteiger partial charge in [0.15, 0.2) is 0 Å². The number of carboxylic acids is 1. The lowest BCUT2D eigenvalue weighted by Crippen LogP contribution is -2.08. The van der Waals surface area contributed by atoms with Crippen LogP contribution in [0.1, 0.15) is 24.2 Å². The van der Waals surface area contributed by atoms with Gasteiger partial charge in [0.2, 0.25) is 0 Å². The molecule has 0 radical (unpaired) electrons. The van der Waals surface area contributed by atoms with Crippen molar-refractivity contribution in [2.45, 2.75) is 20.4 Å². The van der Waals surface area contributed by atoms with Gasteiger partial charge in [0.25, 0.3) is 0 Å². The zero-order valence-corrected chi connectivity index (χ0v) is 11.2. The summed E-state index contributed by atoms with van der Waals surface area (Å²) in [5.41, 5.74) is 1.88. The fraction of sp³-hybridized carbons (Fsp3) is 0.429. The summed E-state index contributed by atoms with van der Waals surface area (Å²) in [5.74, 6) is -0.408. The maximum Gasteiger partial charge on any atom is 0.335 e. The minimum absolute atomic E-state index is 0.258. The number of fused-ring (bicyclic) bond motifs is 1. The largest absolute Gasteiger partial charge is 0.478 e. The normalized spacial score (nSPS) is 11.3. The van der Waals surface area contributed by atoms with Gasteiger partial charge in [-0.1, -0.05) is 13.8 Å². The van der Waals surface area contributed by atoms with Crippen molar-refractivity contribution in [1.82, 2.24) is 9.55 Å². The second-order valence-corrected chi connectivity index (χ2v) is 4.92. The van der Waals surface area contributed by atoms with Gasteiger partial charge < -0.3 is 14.4 Å². The average molecular weight is 262 g/mol. The van der Waals surface area contributed by atoms with Crippen LogP contribution in [0.15, 0.2) is 24.5 Å². The van der Waals surface area contributed by atoms with Crippen molar-refractivity contribution in [3.05, 3.63) is 30.1 Å². The second-order valence-electron chi connectivity index (χ2n) is 4.92. The van der Waals surface area contributed by atoms with Gasteiger partial charge in [0.1, 0.15) is 0 Å². The van der Waals surface area contributed by atoms with Gasteiger partial charge in [0.05, 0.1) is 29.5 Å². The van der Waals surface area contributed by atoms with E-state index in [1.54, 1.807) is 24.5 Å². The smallest absolute Gasteiger partial charge is 0.335 e. The zero-order valence-electron chi connectivity index (χ0n) is 11.2. The van der Waals surface area contributed by atoms with Gasteiger partial charge >= 0.3 is 5.97 Å². The van der Waals surface area contributed by atoms with Crippen LogP contribution in [0.2, 0.25) is 0 Å². The van der Waals surface area contributed by atoms with Crippen LogP contribution >= 0.6 is 0 Å². The molecule has 1 aromatic carbocycles. The van der Waals surface area contributed by atoms with Crippen molar-refractivity contribution in [2.24, 2.45) is 5.92 Å². The zero-order chi connectivity index (χ0) is 13.8. The molecule has 2 aromatic rings. The maximum absolute atomic E-state index is 10.9. The molecule has 19 heavy (non-hydrogen) atoms. The number of aromatic carboxylic acids is 1. The Kier molecular flexibility index (Phi) is 4.16. The summed E-state index contributed by atoms with van der Waals surface area (Å²) in [6.07, 6.45) is 1.72. The standard InChI is InChI=1S/C14H18N2O3/c1-10(2)8-19-6-5-16-9-15-12-7-11(14(17)18)3-4-13(12)16/h3-4,7,9-10H,5-6,8H2,1-2H3,(H,17,18). The van der Waals surface area contributed by atoms with E-state index < -0.39 is 5.97 Å². The lowest BCUT2D eigenvalue weighted by molar-refractivity contribution is 0.0697. The number of benzene rings is 1. The van der Waals surface area contributed by atoms with E-state index in [9.17, 15) is 4.79 Å². The Morgan fingerprint density at radius 3 is 2.95 bits per heavy atom. The van der Waals surface area contributed by atoms with Crippen LogP contribution < -0.4 is 0 Å². The molecule has 1 aromatic heterocycles. The van der Waals surface area contributed by atoms with Gasteiger partial charge in [-0.05, 0) is 24.1 Å². The van der Waals surface area contributed by atoms with E-state index in [1.165, 1.54) is 0 Å². The third-order valence-electron chi connectivity index (χ3n) is 2.80. The summed E-state index contributed by atoms with van der Waals surface area (Å²) < 4.78 is 7.51. The topological polar surface area (TPSA) is 64.4 Å². The average Bonchev–Trinajstić information content (AvgIpc) is 2.76. The number of imidazole rings is 1. The highest BCUT2D eigenvalue weighted by molar-refractivity contribution is 5.92. The van der Waals surface area contributed by atoms with Gasteiger partial charge in [-0.25, -0.2) is 9.78 Å². The second kappa shape index (κ2) is 5.84. The van der Waals surface area contributed by atoms with Crippen LogP contribution in [0.4, 0.5) is 0 Å². The molecule has 1 heterocycles. The van der Waals surface area contributed by atoms with Crippen molar-refractivity contribution in [2.75, 3.05) is 13.2 Å². The number of ether oxygens (including phenoxy) is 1. The van der Waals surface area contributed by atoms with Gasteiger partial charge in [-0.3, -0.25) is 0 Å². The number of rotatable bonds is 6. The fourth-order valence-electron chi connectivity index (χ4n) is 1.86. The Bertz CT molecular complexity index is 575. The highest BCUT2D eigenvalue weighted by Gasteiger charge is 2.07. The highest BCUT2D eigenvalue weighted by atomic mass is 16.5. The fourth-order valence-corrected chi connectivity index (χ4v) is 1.86. The number of carbonyl (C=O) groups is 1. The lowest BCUT2D eigenvalue weighted by Gasteiger charge is -2.08. The number of nitrogens with zero attached hydrogens (tertiary/aromatic N) is 2. The molecule has 0 fully saturated rings. The van der Waals surface area contributed by atoms with Gasteiger partial charge in [-0.2, -0.15) is 0 Å². The Balaban J connectivity index is 2.06. The van der Waals surface area contributed by atoms with E-state index in [4.69, 9.17) is 9.84 Å². The molecule has 102 valence electrons. The molecule has 0 aliphatic rings. The Labute approximate surface area is 111 Å². The summed E-state index contributed by atoms with van der Waals surface area (Å²) in [4.78, 5) is 15.1. The molecule has 0 saturated heterocycles. The van der Waals surface area contributed by atoms with Gasteiger partial charge in [0, 0.05) is 13.2 Å². The molecule has 0 aliphatic carbocycles. The predicted molar refractivity (Wildman–Crippen MR) is 72.3 cm³/mol. The number of carboxylic acid groups (broad SMARTS) is 1. The molecule has 0 amide bonds. The summed E-state index contributed by atoms with van der Waals surface area (Å²) in [6.45, 7) is 6.32. The van der Waals surface area contributed by atoms with E-state index in [-0.39, 0.29) is 5.56 Å².